The first-order valence-corrected chi connectivity index (χ1v) is 8.28. The highest BCUT2D eigenvalue weighted by molar-refractivity contribution is 5.88. The van der Waals surface area contributed by atoms with Crippen molar-refractivity contribution in [2.24, 2.45) is 0 Å². The monoisotopic (exact) mass is 390 g/mol. The molecule has 0 aliphatic carbocycles. The van der Waals surface area contributed by atoms with E-state index in [4.69, 9.17) is 14.2 Å². The second-order valence-corrected chi connectivity index (χ2v) is 5.38. The Bertz CT molecular complexity index is 949. The lowest BCUT2D eigenvalue weighted by Crippen LogP contribution is -2.08. The molecule has 0 radical (unpaired) electrons. The Balaban J connectivity index is 1.79. The van der Waals surface area contributed by atoms with Gasteiger partial charge >= 0.3 is 5.97 Å². The van der Waals surface area contributed by atoms with Crippen molar-refractivity contribution in [1.82, 2.24) is 19.7 Å². The summed E-state index contributed by atoms with van der Waals surface area (Å²) in [6.45, 7) is 1.20. The molecule has 0 bridgehead atoms. The quantitative estimate of drug-likeness (QED) is 0.546. The van der Waals surface area contributed by atoms with Crippen LogP contribution in [0.2, 0.25) is 0 Å². The number of hydrogen-bond donors (Lipinski definition) is 0. The molecule has 3 rings (SSSR count). The summed E-state index contributed by atoms with van der Waals surface area (Å²) in [5.41, 5.74) is 0.805. The largest absolute Gasteiger partial charge is 0.482 e. The summed E-state index contributed by atoms with van der Waals surface area (Å²) in [5, 5.41) is 4.10. The highest BCUT2D eigenvalue weighted by atomic mass is 19.3. The SMILES string of the molecule is CCOC(=O)c1cnn(-c2cncc(Oc3ncccc3OCC(F)F)c2)c1. The van der Waals surface area contributed by atoms with Crippen molar-refractivity contribution in [2.75, 3.05) is 13.2 Å². The molecule has 3 heterocycles. The molecule has 0 aliphatic heterocycles. The molecule has 3 aromatic rings. The summed E-state index contributed by atoms with van der Waals surface area (Å²) in [6.07, 6.45) is 4.64. The van der Waals surface area contributed by atoms with E-state index < -0.39 is 19.0 Å². The normalized spacial score (nSPS) is 10.7. The lowest BCUT2D eigenvalue weighted by Gasteiger charge is -2.11. The third-order valence-corrected chi connectivity index (χ3v) is 3.37. The van der Waals surface area contributed by atoms with Gasteiger partial charge in [0.2, 0.25) is 0 Å². The smallest absolute Gasteiger partial charge is 0.341 e. The van der Waals surface area contributed by atoms with Crippen LogP contribution in [0.5, 0.6) is 17.4 Å². The van der Waals surface area contributed by atoms with Crippen LogP contribution < -0.4 is 9.47 Å². The number of hydrogen-bond acceptors (Lipinski definition) is 7. The van der Waals surface area contributed by atoms with Crippen LogP contribution in [-0.4, -0.2) is 45.4 Å². The van der Waals surface area contributed by atoms with Gasteiger partial charge < -0.3 is 14.2 Å². The van der Waals surface area contributed by atoms with Gasteiger partial charge in [0.1, 0.15) is 12.4 Å². The second kappa shape index (κ2) is 8.89. The summed E-state index contributed by atoms with van der Waals surface area (Å²) in [4.78, 5) is 19.8. The van der Waals surface area contributed by atoms with Gasteiger partial charge in [-0.3, -0.25) is 4.98 Å². The minimum atomic E-state index is -2.62. The van der Waals surface area contributed by atoms with Gasteiger partial charge in [-0.05, 0) is 19.1 Å². The fourth-order valence-electron chi connectivity index (χ4n) is 2.20. The number of rotatable bonds is 8. The first kappa shape index (κ1) is 19.2. The first-order chi connectivity index (χ1) is 13.6. The van der Waals surface area contributed by atoms with E-state index in [-0.39, 0.29) is 24.0 Å². The molecule has 28 heavy (non-hydrogen) atoms. The number of alkyl halides is 2. The van der Waals surface area contributed by atoms with Crippen molar-refractivity contribution in [3.63, 3.8) is 0 Å². The molecule has 0 N–H and O–H groups in total. The fraction of sp³-hybridized carbons (Fsp3) is 0.222. The lowest BCUT2D eigenvalue weighted by molar-refractivity contribution is 0.0526. The van der Waals surface area contributed by atoms with Crippen LogP contribution in [0.15, 0.2) is 49.2 Å². The van der Waals surface area contributed by atoms with Crippen LogP contribution in [0.4, 0.5) is 8.78 Å². The van der Waals surface area contributed by atoms with E-state index in [9.17, 15) is 13.6 Å². The van der Waals surface area contributed by atoms with Crippen molar-refractivity contribution < 1.29 is 27.8 Å². The molecular weight excluding hydrogens is 374 g/mol. The van der Waals surface area contributed by atoms with E-state index in [1.807, 2.05) is 0 Å². The predicted octanol–water partition coefficient (Wildman–Crippen LogP) is 3.28. The van der Waals surface area contributed by atoms with Gasteiger partial charge in [-0.2, -0.15) is 5.10 Å². The Labute approximate surface area is 158 Å². The maximum atomic E-state index is 12.4. The average Bonchev–Trinajstić information content (AvgIpc) is 3.18. The van der Waals surface area contributed by atoms with Crippen LogP contribution in [0.25, 0.3) is 5.69 Å². The Morgan fingerprint density at radius 1 is 1.29 bits per heavy atom. The summed E-state index contributed by atoms with van der Waals surface area (Å²) in [6, 6.07) is 4.62. The first-order valence-electron chi connectivity index (χ1n) is 8.28. The van der Waals surface area contributed by atoms with E-state index in [1.54, 1.807) is 19.1 Å². The molecule has 0 unspecified atom stereocenters. The zero-order chi connectivity index (χ0) is 19.9. The number of esters is 1. The summed E-state index contributed by atoms with van der Waals surface area (Å²) in [7, 11) is 0. The highest BCUT2D eigenvalue weighted by Crippen LogP contribution is 2.29. The van der Waals surface area contributed by atoms with Gasteiger partial charge in [0.15, 0.2) is 5.75 Å². The summed E-state index contributed by atoms with van der Waals surface area (Å²) < 4.78 is 41.8. The summed E-state index contributed by atoms with van der Waals surface area (Å²) in [5.74, 6) is -0.0960. The molecule has 3 aromatic heterocycles. The molecule has 0 amide bonds. The zero-order valence-corrected chi connectivity index (χ0v) is 14.8. The second-order valence-electron chi connectivity index (χ2n) is 5.38. The Morgan fingerprint density at radius 2 is 2.14 bits per heavy atom. The molecule has 0 aliphatic rings. The van der Waals surface area contributed by atoms with Crippen LogP contribution in [0, 0.1) is 0 Å². The van der Waals surface area contributed by atoms with Gasteiger partial charge in [0.25, 0.3) is 12.3 Å². The highest BCUT2D eigenvalue weighted by Gasteiger charge is 2.13. The van der Waals surface area contributed by atoms with Crippen molar-refractivity contribution in [2.45, 2.75) is 13.3 Å². The number of nitrogens with zero attached hydrogens (tertiary/aromatic N) is 4. The number of pyridine rings is 2. The van der Waals surface area contributed by atoms with Crippen LogP contribution in [0.1, 0.15) is 17.3 Å². The van der Waals surface area contributed by atoms with Crippen LogP contribution >= 0.6 is 0 Å². The third-order valence-electron chi connectivity index (χ3n) is 3.37. The van der Waals surface area contributed by atoms with Crippen LogP contribution in [0.3, 0.4) is 0 Å². The molecule has 10 heteroatoms. The van der Waals surface area contributed by atoms with E-state index >= 15 is 0 Å². The Kier molecular flexibility index (Phi) is 6.10. The molecule has 0 spiro atoms. The minimum Gasteiger partial charge on any atom is -0.482 e. The van der Waals surface area contributed by atoms with Gasteiger partial charge in [0.05, 0.1) is 36.4 Å². The average molecular weight is 390 g/mol. The van der Waals surface area contributed by atoms with Gasteiger partial charge in [-0.1, -0.05) is 0 Å². The van der Waals surface area contributed by atoms with Gasteiger partial charge in [-0.15, -0.1) is 0 Å². The Hall–Kier alpha value is -3.56. The molecule has 146 valence electrons. The number of aromatic nitrogens is 4. The zero-order valence-electron chi connectivity index (χ0n) is 14.8. The molecule has 0 saturated carbocycles. The van der Waals surface area contributed by atoms with Gasteiger partial charge in [0, 0.05) is 18.5 Å². The number of carbonyl (C=O) groups is 1. The number of halogens is 2. The van der Waals surface area contributed by atoms with E-state index in [2.05, 4.69) is 15.1 Å². The van der Waals surface area contributed by atoms with Crippen molar-refractivity contribution in [3.05, 3.63) is 54.7 Å². The predicted molar refractivity (Wildman–Crippen MR) is 93.1 cm³/mol. The number of carbonyl (C=O) groups excluding carboxylic acids is 1. The maximum Gasteiger partial charge on any atom is 0.341 e. The summed E-state index contributed by atoms with van der Waals surface area (Å²) >= 11 is 0. The molecule has 0 saturated heterocycles. The maximum absolute atomic E-state index is 12.4. The van der Waals surface area contributed by atoms with E-state index in [0.717, 1.165) is 0 Å². The van der Waals surface area contributed by atoms with E-state index in [1.165, 1.54) is 41.7 Å². The molecule has 0 aromatic carbocycles. The fourth-order valence-corrected chi connectivity index (χ4v) is 2.20. The molecular formula is C18H16F2N4O4. The van der Waals surface area contributed by atoms with Crippen molar-refractivity contribution in [3.8, 4) is 23.1 Å². The number of ether oxygens (including phenoxy) is 3. The van der Waals surface area contributed by atoms with Crippen molar-refractivity contribution >= 4 is 5.97 Å². The van der Waals surface area contributed by atoms with Crippen LogP contribution in [-0.2, 0) is 4.74 Å². The topological polar surface area (TPSA) is 88.4 Å². The molecule has 0 fully saturated rings. The minimum absolute atomic E-state index is 0.0229. The molecule has 0 atom stereocenters. The van der Waals surface area contributed by atoms with E-state index in [0.29, 0.717) is 11.3 Å². The third kappa shape index (κ3) is 4.78. The van der Waals surface area contributed by atoms with Gasteiger partial charge in [-0.25, -0.2) is 23.2 Å². The Morgan fingerprint density at radius 3 is 2.93 bits per heavy atom. The molecule has 8 nitrogen and oxygen atoms in total. The van der Waals surface area contributed by atoms with Crippen molar-refractivity contribution in [1.29, 1.82) is 0 Å². The lowest BCUT2D eigenvalue weighted by atomic mass is 10.3. The standard InChI is InChI=1S/C18H16F2N4O4/c1-2-26-18(25)12-7-23-24(10-12)13-6-14(9-21-8-13)28-17-15(4-3-5-22-17)27-11-16(19)20/h3-10,16H,2,11H2,1H3.